The monoisotopic (exact) mass is 436 g/mol. The maximum atomic E-state index is 15.5. The van der Waals surface area contributed by atoms with Gasteiger partial charge in [-0.2, -0.15) is 0 Å². The first-order chi connectivity index (χ1) is 12.1. The Kier molecular flexibility index (Phi) is 3.87. The topological polar surface area (TPSA) is 7.94 Å². The van der Waals surface area contributed by atoms with Crippen molar-refractivity contribution >= 4 is 45.8 Å². The molecular weight excluding hydrogens is 420 g/mol. The molecule has 0 unspecified atom stereocenters. The van der Waals surface area contributed by atoms with Gasteiger partial charge in [0.25, 0.3) is 0 Å². The molecule has 0 radical (unpaired) electrons. The van der Waals surface area contributed by atoms with Crippen molar-refractivity contribution in [1.29, 1.82) is 0 Å². The third-order valence-electron chi connectivity index (χ3n) is 5.13. The SMILES string of the molecule is CC1=CC(C)=[N+]2C1=C(c1ccc(Cl)cc1Br)c1c(C)cc(C)n1[B-]2(F)F. The Bertz CT molecular complexity index is 1080. The van der Waals surface area contributed by atoms with Crippen LogP contribution in [0.1, 0.15) is 36.4 Å². The molecule has 2 aliphatic rings. The maximum absolute atomic E-state index is 15.5. The highest BCUT2D eigenvalue weighted by atomic mass is 79.9. The van der Waals surface area contributed by atoms with Crippen LogP contribution in [0.4, 0.5) is 8.63 Å². The molecule has 7 heteroatoms. The lowest BCUT2D eigenvalue weighted by atomic mass is 9.84. The number of hydrogen-bond acceptors (Lipinski definition) is 0. The van der Waals surface area contributed by atoms with Crippen LogP contribution >= 0.6 is 27.5 Å². The Hall–Kier alpha value is -1.66. The van der Waals surface area contributed by atoms with E-state index in [0.717, 1.165) is 26.7 Å². The Labute approximate surface area is 164 Å². The number of rotatable bonds is 1. The van der Waals surface area contributed by atoms with Crippen LogP contribution < -0.4 is 0 Å². The fourth-order valence-corrected chi connectivity index (χ4v) is 5.13. The Morgan fingerprint density at radius 2 is 1.81 bits per heavy atom. The van der Waals surface area contributed by atoms with Crippen molar-refractivity contribution < 1.29 is 13.1 Å². The molecule has 2 nitrogen and oxygen atoms in total. The molecule has 2 aliphatic heterocycles. The molecule has 3 heterocycles. The summed E-state index contributed by atoms with van der Waals surface area (Å²) in [6, 6.07) is 7.30. The van der Waals surface area contributed by atoms with Crippen molar-refractivity contribution in [1.82, 2.24) is 4.48 Å². The average Bonchev–Trinajstić information content (AvgIpc) is 2.99. The van der Waals surface area contributed by atoms with E-state index in [-0.39, 0.29) is 0 Å². The molecule has 0 spiro atoms. The summed E-state index contributed by atoms with van der Waals surface area (Å²) in [7, 11) is 0. The molecule has 0 atom stereocenters. The number of aryl methyl sites for hydroxylation is 2. The van der Waals surface area contributed by atoms with E-state index in [1.807, 2.05) is 32.1 Å². The maximum Gasteiger partial charge on any atom is 0.737 e. The van der Waals surface area contributed by atoms with Gasteiger partial charge in [0.15, 0.2) is 5.70 Å². The molecule has 0 N–H and O–H groups in total. The first-order valence-corrected chi connectivity index (χ1v) is 9.54. The highest BCUT2D eigenvalue weighted by molar-refractivity contribution is 9.10. The largest absolute Gasteiger partial charge is 0.737 e. The fourth-order valence-electron chi connectivity index (χ4n) is 4.25. The van der Waals surface area contributed by atoms with Crippen LogP contribution in [0.2, 0.25) is 5.02 Å². The standard InChI is InChI=1S/C19H17BBrClF2N2/c1-10-7-12(3)25-18(10)17(15-6-5-14(22)9-16(15)21)19-11(2)8-13(4)26(19)20(25,23)24/h5-9H,1-4H3. The van der Waals surface area contributed by atoms with Gasteiger partial charge in [-0.25, -0.2) is 0 Å². The molecule has 0 bridgehead atoms. The van der Waals surface area contributed by atoms with Gasteiger partial charge < -0.3 is 17.6 Å². The molecule has 26 heavy (non-hydrogen) atoms. The number of allylic oxidation sites excluding steroid dienone is 2. The molecule has 134 valence electrons. The highest BCUT2D eigenvalue weighted by Crippen LogP contribution is 2.45. The third-order valence-corrected chi connectivity index (χ3v) is 6.03. The van der Waals surface area contributed by atoms with Gasteiger partial charge in [0, 0.05) is 39.3 Å². The van der Waals surface area contributed by atoms with Crippen molar-refractivity contribution in [3.05, 3.63) is 73.6 Å². The minimum absolute atomic E-state index is 0.557. The Morgan fingerprint density at radius 1 is 1.12 bits per heavy atom. The summed E-state index contributed by atoms with van der Waals surface area (Å²) in [4.78, 5) is 0. The van der Waals surface area contributed by atoms with E-state index in [0.29, 0.717) is 27.8 Å². The summed E-state index contributed by atoms with van der Waals surface area (Å²) in [5.74, 6) is 0. The Balaban J connectivity index is 2.20. The normalized spacial score (nSPS) is 18.2. The first-order valence-electron chi connectivity index (χ1n) is 8.37. The number of fused-ring (bicyclic) bond motifs is 2. The number of hydrogen-bond donors (Lipinski definition) is 0. The molecule has 0 saturated heterocycles. The van der Waals surface area contributed by atoms with E-state index in [1.54, 1.807) is 26.0 Å². The summed E-state index contributed by atoms with van der Waals surface area (Å²) >= 11 is 9.68. The minimum atomic E-state index is -3.95. The minimum Gasteiger partial charge on any atom is -0.393 e. The van der Waals surface area contributed by atoms with E-state index in [1.165, 1.54) is 8.96 Å². The zero-order chi connectivity index (χ0) is 19.0. The van der Waals surface area contributed by atoms with Gasteiger partial charge in [-0.3, -0.25) is 0 Å². The average molecular weight is 438 g/mol. The smallest absolute Gasteiger partial charge is 0.393 e. The first kappa shape index (κ1) is 17.7. The van der Waals surface area contributed by atoms with Crippen LogP contribution in [0.3, 0.4) is 0 Å². The van der Waals surface area contributed by atoms with E-state index in [9.17, 15) is 0 Å². The van der Waals surface area contributed by atoms with Crippen molar-refractivity contribution in [3.63, 3.8) is 0 Å². The lowest BCUT2D eigenvalue weighted by molar-refractivity contribution is -0.363. The van der Waals surface area contributed by atoms with Gasteiger partial charge >= 0.3 is 6.97 Å². The van der Waals surface area contributed by atoms with Crippen LogP contribution in [-0.4, -0.2) is 21.6 Å². The van der Waals surface area contributed by atoms with Gasteiger partial charge in [0.2, 0.25) is 0 Å². The Morgan fingerprint density at radius 3 is 2.46 bits per heavy atom. The van der Waals surface area contributed by atoms with E-state index >= 15 is 8.63 Å². The van der Waals surface area contributed by atoms with Gasteiger partial charge in [-0.1, -0.05) is 33.6 Å². The molecule has 1 aromatic carbocycles. The van der Waals surface area contributed by atoms with Crippen molar-refractivity contribution in [2.45, 2.75) is 27.7 Å². The summed E-state index contributed by atoms with van der Waals surface area (Å²) in [6.45, 7) is 3.29. The van der Waals surface area contributed by atoms with Gasteiger partial charge in [0.05, 0.1) is 5.57 Å². The number of halogens is 4. The molecule has 1 aromatic heterocycles. The van der Waals surface area contributed by atoms with Crippen LogP contribution in [0.25, 0.3) is 5.57 Å². The van der Waals surface area contributed by atoms with Gasteiger partial charge in [-0.05, 0) is 50.2 Å². The van der Waals surface area contributed by atoms with Crippen molar-refractivity contribution in [2.75, 3.05) is 0 Å². The zero-order valence-electron chi connectivity index (χ0n) is 14.9. The van der Waals surface area contributed by atoms with Gasteiger partial charge in [0.1, 0.15) is 5.71 Å². The fraction of sp³-hybridized carbons (Fsp3) is 0.211. The van der Waals surface area contributed by atoms with Crippen LogP contribution in [-0.2, 0) is 0 Å². The van der Waals surface area contributed by atoms with Crippen molar-refractivity contribution in [2.24, 2.45) is 0 Å². The summed E-state index contributed by atoms with van der Waals surface area (Å²) in [5, 5.41) is 0.596. The second-order valence-electron chi connectivity index (χ2n) is 6.96. The predicted molar refractivity (Wildman–Crippen MR) is 107 cm³/mol. The van der Waals surface area contributed by atoms with Crippen LogP contribution in [0.5, 0.6) is 0 Å². The molecule has 0 fully saturated rings. The second kappa shape index (κ2) is 5.67. The molecular formula is C19H17BBrClF2N2. The summed E-state index contributed by atoms with van der Waals surface area (Å²) in [6.07, 6.45) is 1.83. The number of nitrogens with zero attached hydrogens (tertiary/aromatic N) is 2. The molecule has 0 amide bonds. The molecule has 4 rings (SSSR count). The van der Waals surface area contributed by atoms with Crippen molar-refractivity contribution in [3.8, 4) is 0 Å². The molecule has 0 aliphatic carbocycles. The lowest BCUT2D eigenvalue weighted by Gasteiger charge is -2.34. The van der Waals surface area contributed by atoms with Crippen LogP contribution in [0, 0.1) is 13.8 Å². The van der Waals surface area contributed by atoms with Crippen LogP contribution in [0.15, 0.2) is 46.1 Å². The van der Waals surface area contributed by atoms with Gasteiger partial charge in [-0.15, -0.1) is 0 Å². The molecule has 2 aromatic rings. The second-order valence-corrected chi connectivity index (χ2v) is 8.25. The molecule has 0 saturated carbocycles. The third kappa shape index (κ3) is 2.24. The quantitative estimate of drug-likeness (QED) is 0.487. The number of benzene rings is 1. The van der Waals surface area contributed by atoms with E-state index in [4.69, 9.17) is 11.6 Å². The zero-order valence-corrected chi connectivity index (χ0v) is 17.2. The van der Waals surface area contributed by atoms with E-state index in [2.05, 4.69) is 15.9 Å². The predicted octanol–water partition coefficient (Wildman–Crippen LogP) is 5.95. The lowest BCUT2D eigenvalue weighted by Crippen LogP contribution is -2.51. The summed E-state index contributed by atoms with van der Waals surface area (Å²) < 4.78 is 34.3. The van der Waals surface area contributed by atoms with E-state index < -0.39 is 6.97 Å². The highest BCUT2D eigenvalue weighted by Gasteiger charge is 2.55. The number of aromatic nitrogens is 1. The summed E-state index contributed by atoms with van der Waals surface area (Å²) in [5.41, 5.74) is 5.59.